The van der Waals surface area contributed by atoms with E-state index in [1.165, 1.54) is 0 Å². The Labute approximate surface area is 88.5 Å². The molecule has 0 aromatic heterocycles. The number of rotatable bonds is 0. The molecule has 3 heteroatoms. The fourth-order valence-corrected chi connectivity index (χ4v) is 1.95. The van der Waals surface area contributed by atoms with Gasteiger partial charge in [0.25, 0.3) is 0 Å². The summed E-state index contributed by atoms with van der Waals surface area (Å²) in [5.41, 5.74) is 1.76. The van der Waals surface area contributed by atoms with Gasteiger partial charge < -0.3 is 4.90 Å². The van der Waals surface area contributed by atoms with Gasteiger partial charge in [-0.05, 0) is 24.6 Å². The van der Waals surface area contributed by atoms with Gasteiger partial charge in [0.2, 0.25) is 0 Å². The van der Waals surface area contributed by atoms with Crippen LogP contribution in [0, 0.1) is 0 Å². The van der Waals surface area contributed by atoms with Crippen molar-refractivity contribution in [2.45, 2.75) is 12.8 Å². The lowest BCUT2D eigenvalue weighted by Gasteiger charge is -2.18. The van der Waals surface area contributed by atoms with E-state index in [4.69, 9.17) is 11.6 Å². The molecule has 0 bridgehead atoms. The molecule has 1 aromatic carbocycles. The predicted octanol–water partition coefficient (Wildman–Crippen LogP) is 2.75. The number of carbonyl (C=O) groups excluding carboxylic acids is 1. The fraction of sp³-hybridized carbons (Fsp3) is 0.364. The molecule has 0 saturated carbocycles. The highest BCUT2D eigenvalue weighted by Crippen LogP contribution is 2.28. The number of nitrogens with zero attached hydrogens (tertiary/aromatic N) is 1. The van der Waals surface area contributed by atoms with Crippen molar-refractivity contribution in [2.24, 2.45) is 0 Å². The number of halogens is 1. The second-order valence-electron chi connectivity index (χ2n) is 3.61. The average molecular weight is 210 g/mol. The Kier molecular flexibility index (Phi) is 2.46. The Hall–Kier alpha value is -1.02. The molecule has 0 fully saturated rings. The molecule has 2 nitrogen and oxygen atoms in total. The van der Waals surface area contributed by atoms with E-state index in [1.54, 1.807) is 6.07 Å². The van der Waals surface area contributed by atoms with Gasteiger partial charge in [-0.15, -0.1) is 0 Å². The van der Waals surface area contributed by atoms with E-state index in [0.29, 0.717) is 11.4 Å². The minimum absolute atomic E-state index is 0.223. The molecule has 0 N–H and O–H groups in total. The third-order valence-corrected chi connectivity index (χ3v) is 2.80. The highest BCUT2D eigenvalue weighted by atomic mass is 35.5. The molecule has 0 aliphatic carbocycles. The summed E-state index contributed by atoms with van der Waals surface area (Å²) < 4.78 is 0. The number of hydrogen-bond donors (Lipinski definition) is 0. The molecule has 1 heterocycles. The number of fused-ring (bicyclic) bond motifs is 1. The zero-order chi connectivity index (χ0) is 10.1. The molecule has 0 atom stereocenters. The third kappa shape index (κ3) is 1.62. The number of Topliss-reactive ketones (excluding diaryl/α,β-unsaturated/α-hetero) is 1. The van der Waals surface area contributed by atoms with Gasteiger partial charge in [-0.2, -0.15) is 0 Å². The zero-order valence-electron chi connectivity index (χ0n) is 8.09. The summed E-state index contributed by atoms with van der Waals surface area (Å²) in [5.74, 6) is 0.223. The van der Waals surface area contributed by atoms with Gasteiger partial charge in [-0.25, -0.2) is 0 Å². The van der Waals surface area contributed by atoms with Crippen LogP contribution in [0.1, 0.15) is 23.2 Å². The van der Waals surface area contributed by atoms with Gasteiger partial charge >= 0.3 is 0 Å². The number of ketones is 1. The first-order chi connectivity index (χ1) is 6.68. The van der Waals surface area contributed by atoms with Crippen LogP contribution < -0.4 is 4.90 Å². The Morgan fingerprint density at radius 1 is 1.43 bits per heavy atom. The van der Waals surface area contributed by atoms with E-state index in [9.17, 15) is 4.79 Å². The van der Waals surface area contributed by atoms with E-state index < -0.39 is 0 Å². The maximum atomic E-state index is 11.7. The molecule has 1 aromatic rings. The maximum Gasteiger partial charge on any atom is 0.165 e. The van der Waals surface area contributed by atoms with Crippen LogP contribution in [0.5, 0.6) is 0 Å². The van der Waals surface area contributed by atoms with Crippen LogP contribution in [-0.2, 0) is 0 Å². The van der Waals surface area contributed by atoms with Crippen LogP contribution in [-0.4, -0.2) is 19.4 Å². The van der Waals surface area contributed by atoms with Crippen molar-refractivity contribution < 1.29 is 4.79 Å². The van der Waals surface area contributed by atoms with Crippen LogP contribution >= 0.6 is 11.6 Å². The van der Waals surface area contributed by atoms with E-state index >= 15 is 0 Å². The highest BCUT2D eigenvalue weighted by molar-refractivity contribution is 6.31. The first-order valence-electron chi connectivity index (χ1n) is 4.72. The van der Waals surface area contributed by atoms with Crippen molar-refractivity contribution in [1.29, 1.82) is 0 Å². The SMILES string of the molecule is CN1CCCC(=O)c2ccc(Cl)cc21. The van der Waals surface area contributed by atoms with E-state index in [1.807, 2.05) is 19.2 Å². The number of anilines is 1. The molecule has 0 amide bonds. The number of benzene rings is 1. The predicted molar refractivity (Wildman–Crippen MR) is 58.3 cm³/mol. The van der Waals surface area contributed by atoms with Gasteiger partial charge in [0.15, 0.2) is 5.78 Å². The van der Waals surface area contributed by atoms with Gasteiger partial charge in [0.05, 0.1) is 0 Å². The summed E-state index contributed by atoms with van der Waals surface area (Å²) in [6.45, 7) is 0.916. The number of carbonyl (C=O) groups is 1. The maximum absolute atomic E-state index is 11.7. The van der Waals surface area contributed by atoms with Gasteiger partial charge in [-0.3, -0.25) is 4.79 Å². The Morgan fingerprint density at radius 2 is 2.21 bits per heavy atom. The average Bonchev–Trinajstić information content (AvgIpc) is 2.28. The summed E-state index contributed by atoms with van der Waals surface area (Å²) in [4.78, 5) is 13.8. The second kappa shape index (κ2) is 3.62. The summed E-state index contributed by atoms with van der Waals surface area (Å²) >= 11 is 5.90. The third-order valence-electron chi connectivity index (χ3n) is 2.57. The topological polar surface area (TPSA) is 20.3 Å². The van der Waals surface area contributed by atoms with Crippen molar-refractivity contribution >= 4 is 23.1 Å². The molecule has 0 unspecified atom stereocenters. The van der Waals surface area contributed by atoms with Crippen molar-refractivity contribution in [2.75, 3.05) is 18.5 Å². The minimum Gasteiger partial charge on any atom is -0.374 e. The van der Waals surface area contributed by atoms with Crippen LogP contribution in [0.2, 0.25) is 5.02 Å². The van der Waals surface area contributed by atoms with Gasteiger partial charge in [0, 0.05) is 36.3 Å². The molecule has 0 radical (unpaired) electrons. The Balaban J connectivity index is 2.54. The first-order valence-corrected chi connectivity index (χ1v) is 5.10. The monoisotopic (exact) mass is 209 g/mol. The fourth-order valence-electron chi connectivity index (χ4n) is 1.79. The van der Waals surface area contributed by atoms with Crippen molar-refractivity contribution in [1.82, 2.24) is 0 Å². The summed E-state index contributed by atoms with van der Waals surface area (Å²) in [6.07, 6.45) is 1.56. The summed E-state index contributed by atoms with van der Waals surface area (Å²) in [7, 11) is 1.99. The van der Waals surface area contributed by atoms with E-state index in [0.717, 1.165) is 24.2 Å². The number of hydrogen-bond acceptors (Lipinski definition) is 2. The highest BCUT2D eigenvalue weighted by Gasteiger charge is 2.18. The van der Waals surface area contributed by atoms with Crippen molar-refractivity contribution in [3.63, 3.8) is 0 Å². The minimum atomic E-state index is 0.223. The molecule has 0 saturated heterocycles. The van der Waals surface area contributed by atoms with E-state index in [2.05, 4.69) is 4.90 Å². The second-order valence-corrected chi connectivity index (χ2v) is 4.05. The lowest BCUT2D eigenvalue weighted by atomic mass is 10.1. The summed E-state index contributed by atoms with van der Waals surface area (Å²) in [5, 5.41) is 0.685. The van der Waals surface area contributed by atoms with Crippen molar-refractivity contribution in [3.05, 3.63) is 28.8 Å². The smallest absolute Gasteiger partial charge is 0.165 e. The zero-order valence-corrected chi connectivity index (χ0v) is 8.84. The van der Waals surface area contributed by atoms with Crippen LogP contribution in [0.25, 0.3) is 0 Å². The molecule has 14 heavy (non-hydrogen) atoms. The molecule has 1 aliphatic rings. The van der Waals surface area contributed by atoms with Gasteiger partial charge in [0.1, 0.15) is 0 Å². The van der Waals surface area contributed by atoms with E-state index in [-0.39, 0.29) is 5.78 Å². The Bertz CT molecular complexity index is 376. The normalized spacial score (nSPS) is 16.4. The standard InChI is InChI=1S/C11H12ClNO/c1-13-6-2-3-11(14)9-5-4-8(12)7-10(9)13/h4-5,7H,2-3,6H2,1H3. The lowest BCUT2D eigenvalue weighted by Crippen LogP contribution is -2.17. The van der Waals surface area contributed by atoms with Crippen LogP contribution in [0.4, 0.5) is 5.69 Å². The quantitative estimate of drug-likeness (QED) is 0.655. The summed E-state index contributed by atoms with van der Waals surface area (Å²) in [6, 6.07) is 5.46. The molecule has 0 spiro atoms. The largest absolute Gasteiger partial charge is 0.374 e. The Morgan fingerprint density at radius 3 is 3.00 bits per heavy atom. The lowest BCUT2D eigenvalue weighted by molar-refractivity contribution is 0.0984. The van der Waals surface area contributed by atoms with Crippen molar-refractivity contribution in [3.8, 4) is 0 Å². The van der Waals surface area contributed by atoms with Gasteiger partial charge in [-0.1, -0.05) is 11.6 Å². The van der Waals surface area contributed by atoms with Crippen LogP contribution in [0.3, 0.4) is 0 Å². The first kappa shape index (κ1) is 9.53. The van der Waals surface area contributed by atoms with Crippen LogP contribution in [0.15, 0.2) is 18.2 Å². The molecule has 1 aliphatic heterocycles. The molecular formula is C11H12ClNO. The molecule has 74 valence electrons. The molecular weight excluding hydrogens is 198 g/mol. The molecule has 2 rings (SSSR count).